The van der Waals surface area contributed by atoms with Crippen molar-refractivity contribution in [2.75, 3.05) is 7.11 Å². The number of hydrogen-bond acceptors (Lipinski definition) is 3. The number of hydrogen-bond donors (Lipinski definition) is 1. The lowest BCUT2D eigenvalue weighted by molar-refractivity contribution is -0.147. The van der Waals surface area contributed by atoms with Gasteiger partial charge in [-0.1, -0.05) is 66.3 Å². The zero-order valence-electron chi connectivity index (χ0n) is 14.8. The molecular weight excluding hydrogens is 276 g/mol. The summed E-state index contributed by atoms with van der Waals surface area (Å²) in [6.45, 7) is 16.7. The topological polar surface area (TPSA) is 46.5 Å². The van der Waals surface area contributed by atoms with Crippen molar-refractivity contribution in [1.82, 2.24) is 0 Å². The number of rotatable bonds is 3. The van der Waals surface area contributed by atoms with Crippen molar-refractivity contribution < 1.29 is 14.6 Å². The average molecular weight is 304 g/mol. The molecule has 22 heavy (non-hydrogen) atoms. The van der Waals surface area contributed by atoms with Crippen LogP contribution in [0.5, 0.6) is 0 Å². The lowest BCUT2D eigenvalue weighted by Gasteiger charge is -2.27. The van der Waals surface area contributed by atoms with E-state index in [9.17, 15) is 9.90 Å². The third-order valence-electron chi connectivity index (χ3n) is 3.79. The molecule has 1 aromatic carbocycles. The van der Waals surface area contributed by atoms with Gasteiger partial charge >= 0.3 is 5.97 Å². The minimum Gasteiger partial charge on any atom is -0.467 e. The van der Waals surface area contributed by atoms with Gasteiger partial charge in [0.15, 0.2) is 6.10 Å². The quantitative estimate of drug-likeness (QED) is 0.863. The second kappa shape index (κ2) is 6.25. The first-order chi connectivity index (χ1) is 9.87. The molecule has 0 aliphatic carbocycles. The molecule has 0 aromatic heterocycles. The summed E-state index contributed by atoms with van der Waals surface area (Å²) in [5.41, 5.74) is 3.36. The Morgan fingerprint density at radius 2 is 1.45 bits per heavy atom. The van der Waals surface area contributed by atoms with Crippen LogP contribution in [0.4, 0.5) is 0 Å². The lowest BCUT2D eigenvalue weighted by Crippen LogP contribution is -2.24. The summed E-state index contributed by atoms with van der Waals surface area (Å²) in [6, 6.07) is 6.16. The first-order valence-electron chi connectivity index (χ1n) is 7.49. The molecule has 0 aliphatic heterocycles. The van der Waals surface area contributed by atoms with E-state index >= 15 is 0 Å². The fourth-order valence-corrected chi connectivity index (χ4v) is 2.09. The highest BCUT2D eigenvalue weighted by molar-refractivity contribution is 5.90. The van der Waals surface area contributed by atoms with Crippen LogP contribution in [0.3, 0.4) is 0 Å². The van der Waals surface area contributed by atoms with Crippen molar-refractivity contribution in [3.05, 3.63) is 41.5 Å². The van der Waals surface area contributed by atoms with Gasteiger partial charge in [-0.15, -0.1) is 0 Å². The van der Waals surface area contributed by atoms with Crippen LogP contribution in [0.2, 0.25) is 0 Å². The van der Waals surface area contributed by atoms with E-state index in [1.807, 2.05) is 12.1 Å². The highest BCUT2D eigenvalue weighted by Gasteiger charge is 2.25. The SMILES string of the molecule is C=C(c1cc(C(C)(C)C)cc(C(C)(C)C)c1)C(O)C(=O)OC. The molecule has 1 N–H and O–H groups in total. The molecular formula is C19H28O3. The van der Waals surface area contributed by atoms with Gasteiger partial charge in [0, 0.05) is 0 Å². The predicted octanol–water partition coefficient (Wildman–Crippen LogP) is 3.83. The van der Waals surface area contributed by atoms with Gasteiger partial charge in [-0.2, -0.15) is 0 Å². The first-order valence-corrected chi connectivity index (χ1v) is 7.49. The van der Waals surface area contributed by atoms with Gasteiger partial charge in [-0.3, -0.25) is 0 Å². The summed E-state index contributed by atoms with van der Waals surface area (Å²) in [6.07, 6.45) is -1.34. The average Bonchev–Trinajstić information content (AvgIpc) is 2.42. The number of ether oxygens (including phenoxy) is 1. The Labute approximate surface area is 134 Å². The van der Waals surface area contributed by atoms with Crippen LogP contribution in [-0.2, 0) is 20.4 Å². The Morgan fingerprint density at radius 1 is 1.05 bits per heavy atom. The standard InChI is InChI=1S/C19H28O3/c1-12(16(20)17(21)22-8)13-9-14(18(2,3)4)11-15(10-13)19(5,6)7/h9-11,16,20H,1H2,2-8H3. The Hall–Kier alpha value is -1.61. The lowest BCUT2D eigenvalue weighted by atomic mass is 9.78. The Kier molecular flexibility index (Phi) is 5.24. The van der Waals surface area contributed by atoms with E-state index in [-0.39, 0.29) is 10.8 Å². The molecule has 0 radical (unpaired) electrons. The number of aliphatic hydroxyl groups is 1. The van der Waals surface area contributed by atoms with Crippen molar-refractivity contribution in [2.45, 2.75) is 58.5 Å². The van der Waals surface area contributed by atoms with Crippen molar-refractivity contribution >= 4 is 11.5 Å². The molecule has 1 rings (SSSR count). The van der Waals surface area contributed by atoms with Gasteiger partial charge in [0.1, 0.15) is 0 Å². The van der Waals surface area contributed by atoms with Gasteiger partial charge < -0.3 is 9.84 Å². The monoisotopic (exact) mass is 304 g/mol. The highest BCUT2D eigenvalue weighted by Crippen LogP contribution is 2.32. The molecule has 0 amide bonds. The molecule has 3 heteroatoms. The van der Waals surface area contributed by atoms with Crippen LogP contribution < -0.4 is 0 Å². The number of methoxy groups -OCH3 is 1. The Bertz CT molecular complexity index is 539. The number of carbonyl (C=O) groups excluding carboxylic acids is 1. The molecule has 0 fully saturated rings. The number of aliphatic hydroxyl groups excluding tert-OH is 1. The molecule has 3 nitrogen and oxygen atoms in total. The van der Waals surface area contributed by atoms with E-state index in [2.05, 4.69) is 58.9 Å². The fourth-order valence-electron chi connectivity index (χ4n) is 2.09. The van der Waals surface area contributed by atoms with Crippen LogP contribution in [0.15, 0.2) is 24.8 Å². The number of esters is 1. The maximum absolute atomic E-state index is 11.6. The second-order valence-corrected chi connectivity index (χ2v) is 7.75. The first kappa shape index (κ1) is 18.4. The second-order valence-electron chi connectivity index (χ2n) is 7.75. The minimum atomic E-state index is -1.34. The van der Waals surface area contributed by atoms with E-state index < -0.39 is 12.1 Å². The maximum Gasteiger partial charge on any atom is 0.339 e. The molecule has 122 valence electrons. The van der Waals surface area contributed by atoms with Crippen LogP contribution in [0.1, 0.15) is 58.2 Å². The summed E-state index contributed by atoms with van der Waals surface area (Å²) in [5.74, 6) is -0.691. The van der Waals surface area contributed by atoms with Crippen LogP contribution >= 0.6 is 0 Å². The van der Waals surface area contributed by atoms with E-state index in [4.69, 9.17) is 0 Å². The largest absolute Gasteiger partial charge is 0.467 e. The molecule has 1 atom stereocenters. The van der Waals surface area contributed by atoms with Crippen molar-refractivity contribution in [1.29, 1.82) is 0 Å². The molecule has 0 spiro atoms. The predicted molar refractivity (Wildman–Crippen MR) is 90.9 cm³/mol. The van der Waals surface area contributed by atoms with Gasteiger partial charge in [0.2, 0.25) is 0 Å². The summed E-state index contributed by atoms with van der Waals surface area (Å²) < 4.78 is 4.60. The van der Waals surface area contributed by atoms with Crippen LogP contribution in [-0.4, -0.2) is 24.3 Å². The van der Waals surface area contributed by atoms with Crippen molar-refractivity contribution in [3.63, 3.8) is 0 Å². The van der Waals surface area contributed by atoms with E-state index in [0.717, 1.165) is 16.7 Å². The van der Waals surface area contributed by atoms with E-state index in [1.165, 1.54) is 7.11 Å². The fraction of sp³-hybridized carbons (Fsp3) is 0.526. The molecule has 1 unspecified atom stereocenters. The molecule has 0 bridgehead atoms. The van der Waals surface area contributed by atoms with Crippen LogP contribution in [0, 0.1) is 0 Å². The number of carbonyl (C=O) groups is 1. The summed E-state index contributed by atoms with van der Waals surface area (Å²) in [5, 5.41) is 10.1. The summed E-state index contributed by atoms with van der Waals surface area (Å²) in [4.78, 5) is 11.6. The Morgan fingerprint density at radius 3 is 1.77 bits per heavy atom. The smallest absolute Gasteiger partial charge is 0.339 e. The highest BCUT2D eigenvalue weighted by atomic mass is 16.5. The van der Waals surface area contributed by atoms with E-state index in [1.54, 1.807) is 0 Å². The maximum atomic E-state index is 11.6. The molecule has 0 heterocycles. The number of benzene rings is 1. The van der Waals surface area contributed by atoms with Gasteiger partial charge in [0.25, 0.3) is 0 Å². The summed E-state index contributed by atoms with van der Waals surface area (Å²) in [7, 11) is 1.25. The van der Waals surface area contributed by atoms with Crippen LogP contribution in [0.25, 0.3) is 5.57 Å². The molecule has 1 aromatic rings. The molecule has 0 aliphatic rings. The van der Waals surface area contributed by atoms with Gasteiger partial charge in [-0.25, -0.2) is 4.79 Å². The van der Waals surface area contributed by atoms with Gasteiger partial charge in [0.05, 0.1) is 7.11 Å². The zero-order chi connectivity index (χ0) is 17.3. The molecule has 0 saturated heterocycles. The zero-order valence-corrected chi connectivity index (χ0v) is 14.8. The van der Waals surface area contributed by atoms with Crippen molar-refractivity contribution in [2.24, 2.45) is 0 Å². The minimum absolute atomic E-state index is 0.0352. The normalized spacial score (nSPS) is 13.6. The van der Waals surface area contributed by atoms with Crippen molar-refractivity contribution in [3.8, 4) is 0 Å². The summed E-state index contributed by atoms with van der Waals surface area (Å²) >= 11 is 0. The third kappa shape index (κ3) is 4.20. The molecule has 0 saturated carbocycles. The Balaban J connectivity index is 3.42. The van der Waals surface area contributed by atoms with E-state index in [0.29, 0.717) is 5.57 Å². The van der Waals surface area contributed by atoms with Gasteiger partial charge in [-0.05, 0) is 33.1 Å². The third-order valence-corrected chi connectivity index (χ3v) is 3.79.